The molecule has 0 aliphatic carbocycles. The van der Waals surface area contributed by atoms with E-state index >= 15 is 0 Å². The van der Waals surface area contributed by atoms with Crippen LogP contribution in [-0.2, 0) is 0 Å². The Balaban J connectivity index is 2.16. The average Bonchev–Trinajstić information content (AvgIpc) is 2.39. The van der Waals surface area contributed by atoms with Crippen molar-refractivity contribution in [2.75, 3.05) is 5.43 Å². The molecule has 0 saturated carbocycles. The van der Waals surface area contributed by atoms with Crippen molar-refractivity contribution in [1.82, 2.24) is 0 Å². The zero-order valence-corrected chi connectivity index (χ0v) is 14.3. The first-order valence-electron chi connectivity index (χ1n) is 6.01. The summed E-state index contributed by atoms with van der Waals surface area (Å²) in [5.41, 5.74) is 6.95. The minimum atomic E-state index is 0.166. The first-order valence-corrected chi connectivity index (χ1v) is 7.60. The third-order valence-electron chi connectivity index (χ3n) is 2.96. The molecule has 0 amide bonds. The molecule has 0 fully saturated rings. The molecule has 5 heteroatoms. The maximum absolute atomic E-state index is 9.91. The highest BCUT2D eigenvalue weighted by Gasteiger charge is 2.05. The third-order valence-corrected chi connectivity index (χ3v) is 4.02. The SMILES string of the molecule is Cc1ccc(NN=Cc2cc(Br)cc(Br)c2O)cc1C. The van der Waals surface area contributed by atoms with Crippen molar-refractivity contribution in [1.29, 1.82) is 0 Å². The number of nitrogens with one attached hydrogen (secondary N) is 1. The van der Waals surface area contributed by atoms with E-state index < -0.39 is 0 Å². The van der Waals surface area contributed by atoms with Crippen molar-refractivity contribution in [2.45, 2.75) is 13.8 Å². The monoisotopic (exact) mass is 396 g/mol. The lowest BCUT2D eigenvalue weighted by atomic mass is 10.1. The maximum Gasteiger partial charge on any atom is 0.138 e. The first kappa shape index (κ1) is 15.1. The van der Waals surface area contributed by atoms with Crippen LogP contribution in [0.25, 0.3) is 0 Å². The van der Waals surface area contributed by atoms with E-state index in [4.69, 9.17) is 0 Å². The molecule has 0 aromatic heterocycles. The Morgan fingerprint density at radius 2 is 1.85 bits per heavy atom. The lowest BCUT2D eigenvalue weighted by Crippen LogP contribution is -1.93. The number of phenols is 1. The van der Waals surface area contributed by atoms with Gasteiger partial charge >= 0.3 is 0 Å². The lowest BCUT2D eigenvalue weighted by molar-refractivity contribution is 0.471. The predicted molar refractivity (Wildman–Crippen MR) is 90.6 cm³/mol. The van der Waals surface area contributed by atoms with Crippen molar-refractivity contribution in [3.63, 3.8) is 0 Å². The Hall–Kier alpha value is -1.33. The Morgan fingerprint density at radius 3 is 2.55 bits per heavy atom. The van der Waals surface area contributed by atoms with E-state index in [-0.39, 0.29) is 5.75 Å². The van der Waals surface area contributed by atoms with E-state index in [1.807, 2.05) is 18.2 Å². The quantitative estimate of drug-likeness (QED) is 0.566. The largest absolute Gasteiger partial charge is 0.506 e. The van der Waals surface area contributed by atoms with Gasteiger partial charge in [0.2, 0.25) is 0 Å². The molecule has 2 aromatic rings. The molecule has 0 spiro atoms. The minimum Gasteiger partial charge on any atom is -0.506 e. The van der Waals surface area contributed by atoms with Crippen LogP contribution in [0.4, 0.5) is 5.69 Å². The van der Waals surface area contributed by atoms with Gasteiger partial charge in [0.15, 0.2) is 0 Å². The van der Waals surface area contributed by atoms with Crippen LogP contribution in [0.5, 0.6) is 5.75 Å². The summed E-state index contributed by atoms with van der Waals surface area (Å²) >= 11 is 6.67. The number of phenolic OH excluding ortho intramolecular Hbond substituents is 1. The molecule has 0 aliphatic heterocycles. The summed E-state index contributed by atoms with van der Waals surface area (Å²) in [6, 6.07) is 9.62. The van der Waals surface area contributed by atoms with Crippen molar-refractivity contribution in [3.05, 3.63) is 56.0 Å². The molecule has 20 heavy (non-hydrogen) atoms. The van der Waals surface area contributed by atoms with Crippen LogP contribution in [-0.4, -0.2) is 11.3 Å². The lowest BCUT2D eigenvalue weighted by Gasteiger charge is -2.05. The summed E-state index contributed by atoms with van der Waals surface area (Å²) in [5, 5.41) is 14.1. The molecule has 0 radical (unpaired) electrons. The summed E-state index contributed by atoms with van der Waals surface area (Å²) in [6.07, 6.45) is 1.58. The highest BCUT2D eigenvalue weighted by Crippen LogP contribution is 2.30. The predicted octanol–water partition coefficient (Wildman–Crippen LogP) is 4.98. The molecule has 2 aromatic carbocycles. The number of hydrogen-bond donors (Lipinski definition) is 2. The molecule has 104 valence electrons. The second kappa shape index (κ2) is 6.41. The topological polar surface area (TPSA) is 44.6 Å². The normalized spacial score (nSPS) is 11.0. The summed E-state index contributed by atoms with van der Waals surface area (Å²) < 4.78 is 1.49. The molecular formula is C15H14Br2N2O. The molecule has 2 N–H and O–H groups in total. The van der Waals surface area contributed by atoms with Gasteiger partial charge in [-0.05, 0) is 65.2 Å². The molecule has 0 saturated heterocycles. The highest BCUT2D eigenvalue weighted by atomic mass is 79.9. The minimum absolute atomic E-state index is 0.166. The fourth-order valence-electron chi connectivity index (χ4n) is 1.67. The van der Waals surface area contributed by atoms with Crippen LogP contribution >= 0.6 is 31.9 Å². The molecule has 0 heterocycles. The summed E-state index contributed by atoms with van der Waals surface area (Å²) in [6.45, 7) is 4.13. The number of nitrogens with zero attached hydrogens (tertiary/aromatic N) is 1. The second-order valence-electron chi connectivity index (χ2n) is 4.49. The van der Waals surface area contributed by atoms with Crippen LogP contribution in [0.3, 0.4) is 0 Å². The fraction of sp³-hybridized carbons (Fsp3) is 0.133. The number of hydrazone groups is 1. The molecule has 0 atom stereocenters. The molecule has 0 bridgehead atoms. The van der Waals surface area contributed by atoms with Gasteiger partial charge in [0.1, 0.15) is 5.75 Å². The maximum atomic E-state index is 9.91. The first-order chi connectivity index (χ1) is 9.47. The summed E-state index contributed by atoms with van der Waals surface area (Å²) in [5.74, 6) is 0.166. The summed E-state index contributed by atoms with van der Waals surface area (Å²) in [4.78, 5) is 0. The summed E-state index contributed by atoms with van der Waals surface area (Å²) in [7, 11) is 0. The van der Waals surface area contributed by atoms with Crippen LogP contribution in [0.1, 0.15) is 16.7 Å². The van der Waals surface area contributed by atoms with E-state index in [0.29, 0.717) is 10.0 Å². The van der Waals surface area contributed by atoms with Crippen LogP contribution in [0, 0.1) is 13.8 Å². The molecular weight excluding hydrogens is 384 g/mol. The van der Waals surface area contributed by atoms with Crippen LogP contribution < -0.4 is 5.43 Å². The van der Waals surface area contributed by atoms with E-state index in [0.717, 1.165) is 10.2 Å². The Kier molecular flexibility index (Phi) is 4.83. The van der Waals surface area contributed by atoms with E-state index in [1.54, 1.807) is 18.3 Å². The Bertz CT molecular complexity index is 669. The third kappa shape index (κ3) is 3.61. The molecule has 2 rings (SSSR count). The molecule has 3 nitrogen and oxygen atoms in total. The Morgan fingerprint density at radius 1 is 1.10 bits per heavy atom. The highest BCUT2D eigenvalue weighted by molar-refractivity contribution is 9.11. The number of anilines is 1. The van der Waals surface area contributed by atoms with Gasteiger partial charge in [0.25, 0.3) is 0 Å². The average molecular weight is 398 g/mol. The number of rotatable bonds is 3. The van der Waals surface area contributed by atoms with Gasteiger partial charge < -0.3 is 5.11 Å². The zero-order valence-electron chi connectivity index (χ0n) is 11.1. The van der Waals surface area contributed by atoms with Crippen molar-refractivity contribution < 1.29 is 5.11 Å². The zero-order chi connectivity index (χ0) is 14.7. The Labute approximate surface area is 135 Å². The van der Waals surface area contributed by atoms with Gasteiger partial charge in [-0.25, -0.2) is 0 Å². The number of halogens is 2. The fourth-order valence-corrected chi connectivity index (χ4v) is 2.93. The van der Waals surface area contributed by atoms with E-state index in [1.165, 1.54) is 11.1 Å². The molecule has 0 aliphatic rings. The van der Waals surface area contributed by atoms with Gasteiger partial charge in [-0.1, -0.05) is 22.0 Å². The van der Waals surface area contributed by atoms with Gasteiger partial charge in [0.05, 0.1) is 16.4 Å². The number of benzene rings is 2. The van der Waals surface area contributed by atoms with E-state index in [2.05, 4.69) is 56.2 Å². The second-order valence-corrected chi connectivity index (χ2v) is 6.26. The van der Waals surface area contributed by atoms with Crippen molar-refractivity contribution >= 4 is 43.8 Å². The van der Waals surface area contributed by atoms with Gasteiger partial charge in [-0.3, -0.25) is 5.43 Å². The number of aryl methyl sites for hydroxylation is 2. The van der Waals surface area contributed by atoms with Gasteiger partial charge in [0, 0.05) is 10.0 Å². The van der Waals surface area contributed by atoms with Crippen molar-refractivity contribution in [3.8, 4) is 5.75 Å². The van der Waals surface area contributed by atoms with Crippen LogP contribution in [0.2, 0.25) is 0 Å². The van der Waals surface area contributed by atoms with Gasteiger partial charge in [-0.2, -0.15) is 5.10 Å². The smallest absolute Gasteiger partial charge is 0.138 e. The number of hydrogen-bond acceptors (Lipinski definition) is 3. The van der Waals surface area contributed by atoms with E-state index in [9.17, 15) is 5.11 Å². The van der Waals surface area contributed by atoms with Crippen LogP contribution in [0.15, 0.2) is 44.4 Å². The molecule has 0 unspecified atom stereocenters. The van der Waals surface area contributed by atoms with Gasteiger partial charge in [-0.15, -0.1) is 0 Å². The van der Waals surface area contributed by atoms with Crippen molar-refractivity contribution in [2.24, 2.45) is 5.10 Å². The standard InChI is InChI=1S/C15H14Br2N2O/c1-9-3-4-13(5-10(9)2)19-18-8-11-6-12(16)7-14(17)15(11)20/h3-8,19-20H,1-2H3. The number of aromatic hydroxyl groups is 1.